The van der Waals surface area contributed by atoms with E-state index < -0.39 is 11.6 Å². The molecule has 2 aromatic heterocycles. The summed E-state index contributed by atoms with van der Waals surface area (Å²) in [6, 6.07) is 12.1. The number of thiazole rings is 1. The van der Waals surface area contributed by atoms with Crippen LogP contribution in [0.3, 0.4) is 0 Å². The van der Waals surface area contributed by atoms with Crippen molar-refractivity contribution in [1.29, 1.82) is 0 Å². The molecule has 1 aliphatic heterocycles. The molecule has 0 amide bonds. The molecule has 2 aromatic carbocycles. The number of aliphatic hydroxyl groups is 1. The van der Waals surface area contributed by atoms with E-state index in [9.17, 15) is 9.90 Å². The lowest BCUT2D eigenvalue weighted by atomic mass is 9.93. The van der Waals surface area contributed by atoms with E-state index >= 15 is 0 Å². The number of aliphatic carboxylic acids is 1. The topological polar surface area (TPSA) is 109 Å². The van der Waals surface area contributed by atoms with Gasteiger partial charge in [0.05, 0.1) is 35.5 Å². The normalized spacial score (nSPS) is 13.8. The van der Waals surface area contributed by atoms with Crippen molar-refractivity contribution in [3.8, 4) is 21.8 Å². The first-order valence-electron chi connectivity index (χ1n) is 12.6. The van der Waals surface area contributed by atoms with Crippen molar-refractivity contribution in [2.75, 3.05) is 31.2 Å². The van der Waals surface area contributed by atoms with Crippen molar-refractivity contribution in [3.63, 3.8) is 0 Å². The quantitative estimate of drug-likeness (QED) is 0.356. The third-order valence-corrected chi connectivity index (χ3v) is 6.95. The fraction of sp³-hybridized carbons (Fsp3) is 0.379. The summed E-state index contributed by atoms with van der Waals surface area (Å²) in [6.07, 6.45) is 1.73. The molecule has 0 radical (unpaired) electrons. The first-order chi connectivity index (χ1) is 18.0. The van der Waals surface area contributed by atoms with Gasteiger partial charge in [0.2, 0.25) is 5.95 Å². The Bertz CT molecular complexity index is 1420. The summed E-state index contributed by atoms with van der Waals surface area (Å²) in [5.41, 5.74) is 5.96. The van der Waals surface area contributed by atoms with Gasteiger partial charge in [-0.05, 0) is 63.4 Å². The van der Waals surface area contributed by atoms with Gasteiger partial charge in [0, 0.05) is 24.8 Å². The van der Waals surface area contributed by atoms with Crippen LogP contribution in [0.5, 0.6) is 0 Å². The van der Waals surface area contributed by atoms with Crippen LogP contribution in [0.4, 0.5) is 5.95 Å². The Morgan fingerprint density at radius 1 is 1.08 bits per heavy atom. The lowest BCUT2D eigenvalue weighted by Gasteiger charge is -2.26. The molecule has 200 valence electrons. The Kier molecular flexibility index (Phi) is 8.40. The van der Waals surface area contributed by atoms with Gasteiger partial charge in [0.15, 0.2) is 0 Å². The van der Waals surface area contributed by atoms with E-state index in [1.165, 1.54) is 0 Å². The second-order valence-corrected chi connectivity index (χ2v) is 11.4. The molecule has 0 saturated carbocycles. The summed E-state index contributed by atoms with van der Waals surface area (Å²) in [4.78, 5) is 27.9. The van der Waals surface area contributed by atoms with Gasteiger partial charge in [-0.3, -0.25) is 4.79 Å². The van der Waals surface area contributed by atoms with Crippen molar-refractivity contribution in [2.45, 2.75) is 46.6 Å². The van der Waals surface area contributed by atoms with Crippen LogP contribution in [0.1, 0.15) is 37.5 Å². The number of carboxylic acid groups (broad SMARTS) is 1. The Balaban J connectivity index is 0.000000617. The molecule has 1 aliphatic rings. The Morgan fingerprint density at radius 3 is 2.37 bits per heavy atom. The maximum atomic E-state index is 11.7. The van der Waals surface area contributed by atoms with Crippen LogP contribution >= 0.6 is 11.3 Å². The SMILES string of the molecule is CC(C)(C)O.Cc1ccc(-c2c(CC(=O)O)c(C)cc3nc(-c4ccnc(N5CCOCC5)n4)sc23)cc1. The maximum absolute atomic E-state index is 11.7. The van der Waals surface area contributed by atoms with Crippen LogP contribution in [0.2, 0.25) is 0 Å². The number of aryl methyl sites for hydroxylation is 2. The molecule has 0 atom stereocenters. The van der Waals surface area contributed by atoms with Crippen molar-refractivity contribution < 1.29 is 19.7 Å². The minimum Gasteiger partial charge on any atom is -0.481 e. The van der Waals surface area contributed by atoms with E-state index in [0.29, 0.717) is 19.2 Å². The van der Waals surface area contributed by atoms with Gasteiger partial charge >= 0.3 is 5.97 Å². The van der Waals surface area contributed by atoms with E-state index in [4.69, 9.17) is 19.8 Å². The van der Waals surface area contributed by atoms with Crippen LogP contribution in [0, 0.1) is 13.8 Å². The molecule has 1 fully saturated rings. The average molecular weight is 535 g/mol. The van der Waals surface area contributed by atoms with Gasteiger partial charge in [-0.25, -0.2) is 15.0 Å². The number of benzene rings is 2. The maximum Gasteiger partial charge on any atom is 0.307 e. The molecule has 5 rings (SSSR count). The molecule has 1 saturated heterocycles. The number of anilines is 1. The van der Waals surface area contributed by atoms with Crippen LogP contribution in [-0.2, 0) is 16.0 Å². The number of carboxylic acids is 1. The summed E-state index contributed by atoms with van der Waals surface area (Å²) in [7, 11) is 0. The van der Waals surface area contributed by atoms with Crippen LogP contribution < -0.4 is 4.90 Å². The monoisotopic (exact) mass is 534 g/mol. The second kappa shape index (κ2) is 11.6. The molecule has 8 nitrogen and oxygen atoms in total. The highest BCUT2D eigenvalue weighted by atomic mass is 32.1. The van der Waals surface area contributed by atoms with Gasteiger partial charge in [0.1, 0.15) is 10.7 Å². The Hall–Kier alpha value is -3.40. The summed E-state index contributed by atoms with van der Waals surface area (Å²) < 4.78 is 6.41. The van der Waals surface area contributed by atoms with E-state index in [1.54, 1.807) is 38.3 Å². The zero-order chi connectivity index (χ0) is 27.4. The number of morpholine rings is 1. The Morgan fingerprint density at radius 2 is 1.74 bits per heavy atom. The van der Waals surface area contributed by atoms with Crippen LogP contribution in [-0.4, -0.2) is 63.0 Å². The summed E-state index contributed by atoms with van der Waals surface area (Å²) in [5.74, 6) is -0.168. The van der Waals surface area contributed by atoms with Crippen molar-refractivity contribution >= 4 is 33.5 Å². The molecule has 2 N–H and O–H groups in total. The van der Waals surface area contributed by atoms with Crippen molar-refractivity contribution in [3.05, 3.63) is 59.3 Å². The third kappa shape index (κ3) is 6.92. The largest absolute Gasteiger partial charge is 0.481 e. The molecule has 0 aliphatic carbocycles. The highest BCUT2D eigenvalue weighted by Crippen LogP contribution is 2.40. The molecule has 3 heterocycles. The minimum absolute atomic E-state index is 0.0348. The second-order valence-electron chi connectivity index (χ2n) is 10.4. The molecule has 9 heteroatoms. The van der Waals surface area contributed by atoms with E-state index in [0.717, 1.165) is 61.8 Å². The van der Waals surface area contributed by atoms with Gasteiger partial charge in [-0.15, -0.1) is 11.3 Å². The number of aromatic nitrogens is 3. The number of rotatable bonds is 5. The number of carbonyl (C=O) groups is 1. The molecular formula is C29H34N4O4S. The van der Waals surface area contributed by atoms with E-state index in [2.05, 4.69) is 34.1 Å². The molecule has 4 aromatic rings. The van der Waals surface area contributed by atoms with Gasteiger partial charge in [-0.2, -0.15) is 0 Å². The molecule has 0 unspecified atom stereocenters. The number of fused-ring (bicyclic) bond motifs is 1. The van der Waals surface area contributed by atoms with Gasteiger partial charge in [-0.1, -0.05) is 29.8 Å². The zero-order valence-corrected chi connectivity index (χ0v) is 23.3. The molecular weight excluding hydrogens is 500 g/mol. The number of hydrogen-bond donors (Lipinski definition) is 2. The molecule has 38 heavy (non-hydrogen) atoms. The first-order valence-corrected chi connectivity index (χ1v) is 13.4. The third-order valence-electron chi connectivity index (χ3n) is 5.84. The van der Waals surface area contributed by atoms with Crippen LogP contribution in [0.15, 0.2) is 42.6 Å². The summed E-state index contributed by atoms with van der Waals surface area (Å²) in [6.45, 7) is 12.1. The first kappa shape index (κ1) is 27.6. The minimum atomic E-state index is -0.846. The molecule has 0 spiro atoms. The number of nitrogens with zero attached hydrogens (tertiary/aromatic N) is 4. The van der Waals surface area contributed by atoms with E-state index in [1.807, 2.05) is 26.0 Å². The van der Waals surface area contributed by atoms with Gasteiger partial charge < -0.3 is 19.8 Å². The fourth-order valence-electron chi connectivity index (χ4n) is 4.13. The predicted octanol–water partition coefficient (Wildman–Crippen LogP) is 5.28. The highest BCUT2D eigenvalue weighted by molar-refractivity contribution is 7.22. The summed E-state index contributed by atoms with van der Waals surface area (Å²) >= 11 is 1.54. The van der Waals surface area contributed by atoms with Crippen molar-refractivity contribution in [1.82, 2.24) is 15.0 Å². The number of hydrogen-bond acceptors (Lipinski definition) is 8. The highest BCUT2D eigenvalue weighted by Gasteiger charge is 2.21. The zero-order valence-electron chi connectivity index (χ0n) is 22.5. The van der Waals surface area contributed by atoms with Crippen molar-refractivity contribution in [2.24, 2.45) is 0 Å². The van der Waals surface area contributed by atoms with E-state index in [-0.39, 0.29) is 6.42 Å². The molecule has 0 bridgehead atoms. The van der Waals surface area contributed by atoms with Gasteiger partial charge in [0.25, 0.3) is 0 Å². The van der Waals surface area contributed by atoms with Crippen LogP contribution in [0.25, 0.3) is 32.0 Å². The summed E-state index contributed by atoms with van der Waals surface area (Å²) in [5, 5.41) is 18.9. The fourth-order valence-corrected chi connectivity index (χ4v) is 5.24. The number of ether oxygens (including phenoxy) is 1. The smallest absolute Gasteiger partial charge is 0.307 e. The predicted molar refractivity (Wildman–Crippen MR) is 152 cm³/mol. The standard InChI is InChI=1S/C25H24N4O3S.C4H10O/c1-15-3-5-17(6-4-15)22-18(14-21(30)31)16(2)13-20-23(22)33-24(27-20)19-7-8-26-25(28-19)29-9-11-32-12-10-29;1-4(2,3)5/h3-8,13H,9-12,14H2,1-2H3,(H,30,31);5H,1-3H3. The lowest BCUT2D eigenvalue weighted by molar-refractivity contribution is -0.136. The average Bonchev–Trinajstić information content (AvgIpc) is 3.28. The Labute approximate surface area is 227 Å². The lowest BCUT2D eigenvalue weighted by Crippen LogP contribution is -2.37.